The Labute approximate surface area is 173 Å². The molecule has 0 amide bonds. The Hall–Kier alpha value is -3.02. The van der Waals surface area contributed by atoms with Gasteiger partial charge in [-0.2, -0.15) is 5.26 Å². The van der Waals surface area contributed by atoms with Crippen molar-refractivity contribution in [2.75, 3.05) is 5.73 Å². The highest BCUT2D eigenvalue weighted by atomic mass is 79.9. The van der Waals surface area contributed by atoms with Gasteiger partial charge in [-0.15, -0.1) is 0 Å². The molecule has 0 aliphatic heterocycles. The first-order valence-corrected chi connectivity index (χ1v) is 9.06. The summed E-state index contributed by atoms with van der Waals surface area (Å²) in [4.78, 5) is 7.91. The monoisotopic (exact) mass is 459 g/mol. The summed E-state index contributed by atoms with van der Waals surface area (Å²) in [7, 11) is 0. The van der Waals surface area contributed by atoms with E-state index < -0.39 is 5.82 Å². The highest BCUT2D eigenvalue weighted by Gasteiger charge is 2.18. The third kappa shape index (κ3) is 4.27. The summed E-state index contributed by atoms with van der Waals surface area (Å²) in [6.45, 7) is 0. The van der Waals surface area contributed by atoms with Gasteiger partial charge in [-0.1, -0.05) is 17.7 Å². The Morgan fingerprint density at radius 3 is 2.75 bits per heavy atom. The summed E-state index contributed by atoms with van der Waals surface area (Å²) >= 11 is 9.22. The zero-order valence-corrected chi connectivity index (χ0v) is 16.6. The van der Waals surface area contributed by atoms with Gasteiger partial charge in [-0.3, -0.25) is 0 Å². The number of aromatic nitrogens is 2. The second-order valence-electron chi connectivity index (χ2n) is 5.68. The molecule has 3 aromatic rings. The van der Waals surface area contributed by atoms with Gasteiger partial charge in [0.25, 0.3) is 0 Å². The lowest BCUT2D eigenvalue weighted by molar-refractivity contribution is 0.436. The van der Waals surface area contributed by atoms with Gasteiger partial charge < -0.3 is 15.9 Å². The summed E-state index contributed by atoms with van der Waals surface area (Å²) in [5, 5.41) is 17.5. The number of nitriles is 1. The van der Waals surface area contributed by atoms with Gasteiger partial charge in [0.05, 0.1) is 21.8 Å². The Kier molecular flexibility index (Phi) is 5.87. The molecule has 3 N–H and O–H groups in total. The molecule has 0 aliphatic carbocycles. The van der Waals surface area contributed by atoms with Crippen molar-refractivity contribution in [3.8, 4) is 17.6 Å². The average molecular weight is 461 g/mol. The van der Waals surface area contributed by atoms with Crippen molar-refractivity contribution in [1.82, 2.24) is 9.97 Å². The summed E-state index contributed by atoms with van der Waals surface area (Å²) in [6.07, 6.45) is 2.77. The maximum atomic E-state index is 15.1. The number of nitrogens with zero attached hydrogens (tertiary/aromatic N) is 3. The normalized spacial score (nSPS) is 10.4. The van der Waals surface area contributed by atoms with Crippen LogP contribution in [-0.2, 0) is 6.42 Å². The Balaban J connectivity index is 1.92. The second-order valence-corrected chi connectivity index (χ2v) is 6.98. The number of ether oxygens (including phenoxy) is 1. The molecule has 9 heteroatoms. The Morgan fingerprint density at radius 2 is 2.04 bits per heavy atom. The SMILES string of the molecule is N#Cc1cc(Cl)cc(Oc2c(Br)ccc(CC(=N)c3nccnc3N)c2F)c1. The summed E-state index contributed by atoms with van der Waals surface area (Å²) in [5.41, 5.74) is 6.45. The number of hydrogen-bond acceptors (Lipinski definition) is 6. The Morgan fingerprint density at radius 1 is 1.29 bits per heavy atom. The van der Waals surface area contributed by atoms with Crippen molar-refractivity contribution in [2.24, 2.45) is 0 Å². The molecule has 0 atom stereocenters. The minimum atomic E-state index is -0.653. The standard InChI is InChI=1S/C19H12BrClFN5O/c20-14-2-1-11(7-15(24)17-19(25)27-4-3-26-17)16(22)18(14)28-13-6-10(9-23)5-12(21)8-13/h1-6,8,24H,7H2,(H2,25,27). The van der Waals surface area contributed by atoms with E-state index in [0.717, 1.165) is 0 Å². The predicted molar refractivity (Wildman–Crippen MR) is 107 cm³/mol. The van der Waals surface area contributed by atoms with E-state index >= 15 is 4.39 Å². The van der Waals surface area contributed by atoms with E-state index in [1.54, 1.807) is 6.07 Å². The maximum absolute atomic E-state index is 15.1. The number of nitrogens with one attached hydrogen (secondary N) is 1. The summed E-state index contributed by atoms with van der Waals surface area (Å²) in [5.74, 6) is -0.415. The molecule has 0 fully saturated rings. The molecule has 0 bridgehead atoms. The fourth-order valence-corrected chi connectivity index (χ4v) is 3.08. The van der Waals surface area contributed by atoms with Gasteiger partial charge in [0.15, 0.2) is 17.4 Å². The van der Waals surface area contributed by atoms with Crippen molar-refractivity contribution in [2.45, 2.75) is 6.42 Å². The summed E-state index contributed by atoms with van der Waals surface area (Å²) < 4.78 is 21.1. The number of benzene rings is 2. The molecule has 1 aromatic heterocycles. The molecule has 140 valence electrons. The molecule has 0 radical (unpaired) electrons. The second kappa shape index (κ2) is 8.33. The average Bonchev–Trinajstić information content (AvgIpc) is 2.67. The van der Waals surface area contributed by atoms with Crippen LogP contribution in [0.15, 0.2) is 47.2 Å². The van der Waals surface area contributed by atoms with Crippen LogP contribution in [0.3, 0.4) is 0 Å². The van der Waals surface area contributed by atoms with E-state index in [2.05, 4.69) is 25.9 Å². The van der Waals surface area contributed by atoms with Crippen LogP contribution in [0.25, 0.3) is 0 Å². The topological polar surface area (TPSA) is 109 Å². The van der Waals surface area contributed by atoms with Crippen molar-refractivity contribution in [3.05, 3.63) is 74.9 Å². The maximum Gasteiger partial charge on any atom is 0.177 e. The number of rotatable bonds is 5. The lowest BCUT2D eigenvalue weighted by atomic mass is 10.0. The predicted octanol–water partition coefficient (Wildman–Crippen LogP) is 4.89. The molecule has 2 aromatic carbocycles. The molecule has 28 heavy (non-hydrogen) atoms. The van der Waals surface area contributed by atoms with E-state index in [0.29, 0.717) is 9.50 Å². The molecule has 0 spiro atoms. The van der Waals surface area contributed by atoms with E-state index in [9.17, 15) is 0 Å². The van der Waals surface area contributed by atoms with E-state index in [1.165, 1.54) is 36.7 Å². The number of halogens is 3. The third-order valence-electron chi connectivity index (χ3n) is 3.73. The molecule has 3 rings (SSSR count). The molecule has 6 nitrogen and oxygen atoms in total. The van der Waals surface area contributed by atoms with Gasteiger partial charge in [0.1, 0.15) is 11.4 Å². The first kappa shape index (κ1) is 19.7. The number of nitrogens with two attached hydrogens (primary N) is 1. The van der Waals surface area contributed by atoms with Crippen LogP contribution in [-0.4, -0.2) is 15.7 Å². The number of nitrogen functional groups attached to an aromatic ring is 1. The highest BCUT2D eigenvalue weighted by Crippen LogP contribution is 2.35. The number of anilines is 1. The third-order valence-corrected chi connectivity index (χ3v) is 4.57. The fraction of sp³-hybridized carbons (Fsp3) is 0.0526. The van der Waals surface area contributed by atoms with Crippen molar-refractivity contribution >= 4 is 39.1 Å². The fourth-order valence-electron chi connectivity index (χ4n) is 2.46. The van der Waals surface area contributed by atoms with Gasteiger partial charge in [0, 0.05) is 23.8 Å². The van der Waals surface area contributed by atoms with Crippen LogP contribution in [0.2, 0.25) is 5.02 Å². The van der Waals surface area contributed by atoms with E-state index in [-0.39, 0.29) is 46.3 Å². The van der Waals surface area contributed by atoms with Crippen LogP contribution in [0.4, 0.5) is 10.2 Å². The minimum Gasteiger partial charge on any atom is -0.453 e. The van der Waals surface area contributed by atoms with Crippen LogP contribution < -0.4 is 10.5 Å². The van der Waals surface area contributed by atoms with Crippen LogP contribution in [0, 0.1) is 22.6 Å². The molecule has 0 saturated carbocycles. The molecular weight excluding hydrogens is 449 g/mol. The number of hydrogen-bond donors (Lipinski definition) is 2. The van der Waals surface area contributed by atoms with Crippen molar-refractivity contribution in [3.63, 3.8) is 0 Å². The van der Waals surface area contributed by atoms with E-state index in [4.69, 9.17) is 32.7 Å². The molecular formula is C19H12BrClFN5O. The van der Waals surface area contributed by atoms with Crippen molar-refractivity contribution < 1.29 is 9.13 Å². The van der Waals surface area contributed by atoms with Gasteiger partial charge in [-0.05, 0) is 45.8 Å². The largest absolute Gasteiger partial charge is 0.453 e. The zero-order valence-electron chi connectivity index (χ0n) is 14.2. The Bertz CT molecular complexity index is 1120. The lowest BCUT2D eigenvalue weighted by Crippen LogP contribution is -2.11. The van der Waals surface area contributed by atoms with Crippen LogP contribution in [0.5, 0.6) is 11.5 Å². The lowest BCUT2D eigenvalue weighted by Gasteiger charge is -2.13. The smallest absolute Gasteiger partial charge is 0.177 e. The molecule has 0 saturated heterocycles. The van der Waals surface area contributed by atoms with Gasteiger partial charge >= 0.3 is 0 Å². The van der Waals surface area contributed by atoms with Gasteiger partial charge in [0.2, 0.25) is 0 Å². The summed E-state index contributed by atoms with van der Waals surface area (Å²) in [6, 6.07) is 9.50. The minimum absolute atomic E-state index is 0.0206. The molecule has 0 aliphatic rings. The quantitative estimate of drug-likeness (QED) is 0.527. The first-order valence-electron chi connectivity index (χ1n) is 7.88. The van der Waals surface area contributed by atoms with Crippen molar-refractivity contribution in [1.29, 1.82) is 10.7 Å². The molecule has 0 unspecified atom stereocenters. The van der Waals surface area contributed by atoms with Gasteiger partial charge in [-0.25, -0.2) is 14.4 Å². The first-order chi connectivity index (χ1) is 13.4. The van der Waals surface area contributed by atoms with Crippen LogP contribution >= 0.6 is 27.5 Å². The zero-order chi connectivity index (χ0) is 20.3. The highest BCUT2D eigenvalue weighted by molar-refractivity contribution is 9.10. The van der Waals surface area contributed by atoms with E-state index in [1.807, 2.05) is 6.07 Å². The molecule has 1 heterocycles. The van der Waals surface area contributed by atoms with Crippen LogP contribution in [0.1, 0.15) is 16.8 Å².